The van der Waals surface area contributed by atoms with Crippen LogP contribution in [0.25, 0.3) is 28.3 Å². The summed E-state index contributed by atoms with van der Waals surface area (Å²) in [6, 6.07) is 16.0. The van der Waals surface area contributed by atoms with Crippen molar-refractivity contribution in [2.45, 2.75) is 18.8 Å². The first-order chi connectivity index (χ1) is 18.8. The molecule has 196 valence electrons. The molecule has 2 aromatic carbocycles. The van der Waals surface area contributed by atoms with E-state index in [2.05, 4.69) is 25.5 Å². The minimum atomic E-state index is -4.49. The van der Waals surface area contributed by atoms with Gasteiger partial charge >= 0.3 is 6.18 Å². The maximum Gasteiger partial charge on any atom is 0.416 e. The summed E-state index contributed by atoms with van der Waals surface area (Å²) in [6.07, 6.45) is -1.48. The summed E-state index contributed by atoms with van der Waals surface area (Å²) in [5, 5.41) is 12.0. The van der Waals surface area contributed by atoms with Crippen molar-refractivity contribution >= 4 is 28.5 Å². The SMILES string of the molecule is Nc1nc2c(cnn2C(C(=O)NCc2cccc(C(F)(F)F)c2)c2ccccc2)c2nc(-c3ccco3)nn12. The number of anilines is 1. The van der Waals surface area contributed by atoms with Gasteiger partial charge in [0.2, 0.25) is 17.7 Å². The molecule has 6 rings (SSSR count). The number of nitrogens with one attached hydrogen (secondary N) is 1. The van der Waals surface area contributed by atoms with Crippen LogP contribution < -0.4 is 11.1 Å². The summed E-state index contributed by atoms with van der Waals surface area (Å²) in [5.41, 5.74) is 6.94. The van der Waals surface area contributed by atoms with E-state index in [1.54, 1.807) is 42.5 Å². The van der Waals surface area contributed by atoms with Gasteiger partial charge in [0.05, 0.1) is 23.4 Å². The average molecular weight is 532 g/mol. The van der Waals surface area contributed by atoms with E-state index in [9.17, 15) is 18.0 Å². The summed E-state index contributed by atoms with van der Waals surface area (Å²) in [6.45, 7) is -0.123. The Labute approximate surface area is 217 Å². The highest BCUT2D eigenvalue weighted by Gasteiger charge is 2.31. The zero-order valence-corrected chi connectivity index (χ0v) is 20.0. The smallest absolute Gasteiger partial charge is 0.416 e. The Kier molecular flexibility index (Phi) is 5.74. The molecule has 1 amide bonds. The van der Waals surface area contributed by atoms with Gasteiger partial charge in [-0.1, -0.05) is 42.5 Å². The summed E-state index contributed by atoms with van der Waals surface area (Å²) in [7, 11) is 0. The molecule has 10 nitrogen and oxygen atoms in total. The zero-order chi connectivity index (χ0) is 27.1. The molecule has 3 N–H and O–H groups in total. The Morgan fingerprint density at radius 2 is 1.85 bits per heavy atom. The predicted octanol–water partition coefficient (Wildman–Crippen LogP) is 4.24. The van der Waals surface area contributed by atoms with E-state index in [1.165, 1.54) is 33.8 Å². The van der Waals surface area contributed by atoms with Gasteiger partial charge in [-0.3, -0.25) is 4.79 Å². The molecule has 0 spiro atoms. The zero-order valence-electron chi connectivity index (χ0n) is 20.0. The largest absolute Gasteiger partial charge is 0.461 e. The number of benzene rings is 2. The highest BCUT2D eigenvalue weighted by Crippen LogP contribution is 2.30. The highest BCUT2D eigenvalue weighted by atomic mass is 19.4. The van der Waals surface area contributed by atoms with E-state index < -0.39 is 23.7 Å². The number of fused-ring (bicyclic) bond motifs is 3. The Bertz CT molecular complexity index is 1790. The Balaban J connectivity index is 1.39. The number of carbonyl (C=O) groups excluding carboxylic acids is 1. The molecule has 0 fully saturated rings. The molecule has 0 saturated heterocycles. The van der Waals surface area contributed by atoms with Gasteiger partial charge in [0.15, 0.2) is 23.1 Å². The van der Waals surface area contributed by atoms with Crippen LogP contribution in [0, 0.1) is 0 Å². The molecule has 1 atom stereocenters. The summed E-state index contributed by atoms with van der Waals surface area (Å²) in [4.78, 5) is 22.5. The third-order valence-electron chi connectivity index (χ3n) is 6.13. The van der Waals surface area contributed by atoms with Crippen molar-refractivity contribution in [3.63, 3.8) is 0 Å². The number of carbonyl (C=O) groups is 1. The second-order valence-electron chi connectivity index (χ2n) is 8.67. The molecule has 0 saturated carbocycles. The van der Waals surface area contributed by atoms with Crippen LogP contribution in [0.1, 0.15) is 22.7 Å². The molecule has 0 aliphatic heterocycles. The normalized spacial score (nSPS) is 12.7. The maximum atomic E-state index is 13.6. The molecule has 4 heterocycles. The number of amides is 1. The molecule has 1 unspecified atom stereocenters. The molecule has 0 aliphatic rings. The minimum Gasteiger partial charge on any atom is -0.461 e. The van der Waals surface area contributed by atoms with Crippen molar-refractivity contribution in [3.05, 3.63) is 95.9 Å². The molecule has 13 heteroatoms. The van der Waals surface area contributed by atoms with Crippen molar-refractivity contribution < 1.29 is 22.4 Å². The average Bonchev–Trinajstić information content (AvgIpc) is 3.68. The van der Waals surface area contributed by atoms with E-state index >= 15 is 0 Å². The lowest BCUT2D eigenvalue weighted by atomic mass is 10.1. The number of nitrogens with two attached hydrogens (primary N) is 1. The van der Waals surface area contributed by atoms with E-state index in [4.69, 9.17) is 10.2 Å². The number of hydrogen-bond acceptors (Lipinski definition) is 7. The summed E-state index contributed by atoms with van der Waals surface area (Å²) in [5.74, 6) is 0.254. The van der Waals surface area contributed by atoms with E-state index in [0.717, 1.165) is 12.1 Å². The first-order valence-electron chi connectivity index (χ1n) is 11.7. The monoisotopic (exact) mass is 532 g/mol. The summed E-state index contributed by atoms with van der Waals surface area (Å²) >= 11 is 0. The topological polar surface area (TPSA) is 129 Å². The highest BCUT2D eigenvalue weighted by molar-refractivity contribution is 5.92. The van der Waals surface area contributed by atoms with Gasteiger partial charge < -0.3 is 15.5 Å². The third kappa shape index (κ3) is 4.43. The Hall–Kier alpha value is -5.20. The van der Waals surface area contributed by atoms with Crippen LogP contribution in [0.5, 0.6) is 0 Å². The predicted molar refractivity (Wildman–Crippen MR) is 134 cm³/mol. The lowest BCUT2D eigenvalue weighted by Gasteiger charge is -2.19. The van der Waals surface area contributed by atoms with Crippen molar-refractivity contribution in [1.82, 2.24) is 34.7 Å². The quantitative estimate of drug-likeness (QED) is 0.328. The molecule has 6 aromatic rings. The van der Waals surface area contributed by atoms with Gasteiger partial charge in [0.25, 0.3) is 0 Å². The van der Waals surface area contributed by atoms with Crippen LogP contribution in [-0.2, 0) is 17.5 Å². The van der Waals surface area contributed by atoms with E-state index in [0.29, 0.717) is 33.7 Å². The van der Waals surface area contributed by atoms with Crippen molar-refractivity contribution in [2.24, 2.45) is 0 Å². The van der Waals surface area contributed by atoms with Crippen LogP contribution in [0.4, 0.5) is 19.1 Å². The van der Waals surface area contributed by atoms with Gasteiger partial charge in [-0.25, -0.2) is 9.67 Å². The molecule has 0 radical (unpaired) electrons. The van der Waals surface area contributed by atoms with E-state index in [-0.39, 0.29) is 18.1 Å². The number of aromatic nitrogens is 6. The fourth-order valence-electron chi connectivity index (χ4n) is 4.31. The van der Waals surface area contributed by atoms with Crippen LogP contribution in [-0.4, -0.2) is 35.3 Å². The molecule has 4 aromatic heterocycles. The molecule has 39 heavy (non-hydrogen) atoms. The van der Waals surface area contributed by atoms with Gasteiger partial charge in [0, 0.05) is 6.54 Å². The van der Waals surface area contributed by atoms with Crippen molar-refractivity contribution in [1.29, 1.82) is 0 Å². The lowest BCUT2D eigenvalue weighted by Crippen LogP contribution is -2.33. The number of nitrogen functional groups attached to an aromatic ring is 1. The molecular formula is C26H19F3N8O2. The van der Waals surface area contributed by atoms with Gasteiger partial charge in [0.1, 0.15) is 0 Å². The number of rotatable bonds is 6. The maximum absolute atomic E-state index is 13.6. The van der Waals surface area contributed by atoms with Crippen LogP contribution in [0.15, 0.2) is 83.6 Å². The van der Waals surface area contributed by atoms with Crippen LogP contribution in [0.2, 0.25) is 0 Å². The fraction of sp³-hybridized carbons (Fsp3) is 0.115. The molecule has 0 aliphatic carbocycles. The van der Waals surface area contributed by atoms with Gasteiger partial charge in [-0.2, -0.15) is 27.8 Å². The van der Waals surface area contributed by atoms with Crippen molar-refractivity contribution in [3.8, 4) is 11.6 Å². The minimum absolute atomic E-state index is 0.0146. The number of alkyl halides is 3. The van der Waals surface area contributed by atoms with E-state index in [1.807, 2.05) is 0 Å². The van der Waals surface area contributed by atoms with Crippen molar-refractivity contribution in [2.75, 3.05) is 5.73 Å². The first kappa shape index (κ1) is 24.2. The first-order valence-corrected chi connectivity index (χ1v) is 11.7. The standard InChI is InChI=1S/C26H19F3N8O2/c27-26(28,29)17-9-4-6-15(12-17)13-31-24(38)20(16-7-2-1-3-8-16)36-23-18(14-32-36)22-33-21(19-10-5-11-39-19)35-37(22)25(30)34-23/h1-12,14,20H,13H2,(H2,30,34)(H,31,38). The third-order valence-corrected chi connectivity index (χ3v) is 6.13. The molecular weight excluding hydrogens is 513 g/mol. The number of hydrogen-bond donors (Lipinski definition) is 2. The Morgan fingerprint density at radius 3 is 2.59 bits per heavy atom. The number of furan rings is 1. The summed E-state index contributed by atoms with van der Waals surface area (Å²) < 4.78 is 47.6. The van der Waals surface area contributed by atoms with Crippen LogP contribution in [0.3, 0.4) is 0 Å². The Morgan fingerprint density at radius 1 is 1.03 bits per heavy atom. The number of halogens is 3. The second kappa shape index (κ2) is 9.28. The van der Waals surface area contributed by atoms with Gasteiger partial charge in [-0.15, -0.1) is 5.10 Å². The molecule has 0 bridgehead atoms. The number of nitrogens with zero attached hydrogens (tertiary/aromatic N) is 6. The van der Waals surface area contributed by atoms with Gasteiger partial charge in [-0.05, 0) is 35.4 Å². The fourth-order valence-corrected chi connectivity index (χ4v) is 4.31. The lowest BCUT2D eigenvalue weighted by molar-refractivity contribution is -0.137. The van der Waals surface area contributed by atoms with Crippen LogP contribution >= 0.6 is 0 Å². The second-order valence-corrected chi connectivity index (χ2v) is 8.67.